The first-order chi connectivity index (χ1) is 8.71. The zero-order chi connectivity index (χ0) is 13.4. The van der Waals surface area contributed by atoms with Crippen LogP contribution in [0.3, 0.4) is 0 Å². The number of thioether (sulfide) groups is 1. The quantitative estimate of drug-likeness (QED) is 0.768. The van der Waals surface area contributed by atoms with E-state index in [-0.39, 0.29) is 0 Å². The molecular weight excluding hydrogens is 242 g/mol. The lowest BCUT2D eigenvalue weighted by Gasteiger charge is -2.15. The number of hydrogen-bond acceptors (Lipinski definition) is 4. The van der Waals surface area contributed by atoms with Crippen molar-refractivity contribution in [2.75, 3.05) is 13.6 Å². The van der Waals surface area contributed by atoms with Crippen molar-refractivity contribution in [3.63, 3.8) is 0 Å². The van der Waals surface area contributed by atoms with Gasteiger partial charge >= 0.3 is 0 Å². The van der Waals surface area contributed by atoms with E-state index in [2.05, 4.69) is 23.3 Å². The third-order valence-corrected chi connectivity index (χ3v) is 4.06. The lowest BCUT2D eigenvalue weighted by atomic mass is 10.2. The van der Waals surface area contributed by atoms with Gasteiger partial charge in [-0.15, -0.1) is 11.8 Å². The first-order valence-corrected chi connectivity index (χ1v) is 7.28. The third kappa shape index (κ3) is 4.67. The van der Waals surface area contributed by atoms with Crippen molar-refractivity contribution in [1.82, 2.24) is 10.3 Å². The van der Waals surface area contributed by atoms with Crippen LogP contribution in [-0.2, 0) is 0 Å². The molecule has 0 aliphatic heterocycles. The molecule has 0 bridgehead atoms. The van der Waals surface area contributed by atoms with Gasteiger partial charge in [0.15, 0.2) is 0 Å². The van der Waals surface area contributed by atoms with Crippen molar-refractivity contribution in [2.24, 2.45) is 0 Å². The predicted octanol–water partition coefficient (Wildman–Crippen LogP) is 3.13. The van der Waals surface area contributed by atoms with Gasteiger partial charge in [0.1, 0.15) is 11.1 Å². The van der Waals surface area contributed by atoms with E-state index in [9.17, 15) is 0 Å². The van der Waals surface area contributed by atoms with Crippen LogP contribution in [0, 0.1) is 18.3 Å². The molecule has 98 valence electrons. The Kier molecular flexibility index (Phi) is 6.77. The fourth-order valence-corrected chi connectivity index (χ4v) is 3.10. The minimum Gasteiger partial charge on any atom is -0.320 e. The molecule has 0 aliphatic carbocycles. The molecule has 3 nitrogen and oxygen atoms in total. The van der Waals surface area contributed by atoms with E-state index in [4.69, 9.17) is 5.26 Å². The van der Waals surface area contributed by atoms with E-state index in [0.717, 1.165) is 36.5 Å². The number of nitriles is 1. The molecule has 18 heavy (non-hydrogen) atoms. The van der Waals surface area contributed by atoms with Gasteiger partial charge in [0.25, 0.3) is 0 Å². The third-order valence-electron chi connectivity index (χ3n) is 2.73. The Balaban J connectivity index is 2.79. The van der Waals surface area contributed by atoms with E-state index in [1.165, 1.54) is 0 Å². The van der Waals surface area contributed by atoms with Gasteiger partial charge in [-0.3, -0.25) is 0 Å². The smallest absolute Gasteiger partial charge is 0.114 e. The summed E-state index contributed by atoms with van der Waals surface area (Å²) in [6, 6.07) is 5.99. The molecule has 1 atom stereocenters. The monoisotopic (exact) mass is 263 g/mol. The highest BCUT2D eigenvalue weighted by Gasteiger charge is 2.13. The van der Waals surface area contributed by atoms with Crippen molar-refractivity contribution >= 4 is 11.8 Å². The number of nitrogens with one attached hydrogen (secondary N) is 1. The Morgan fingerprint density at radius 2 is 2.22 bits per heavy atom. The van der Waals surface area contributed by atoms with Crippen LogP contribution in [0.5, 0.6) is 0 Å². The van der Waals surface area contributed by atoms with Crippen LogP contribution in [0.25, 0.3) is 0 Å². The maximum Gasteiger partial charge on any atom is 0.114 e. The molecule has 1 rings (SSSR count). The molecule has 0 aromatic carbocycles. The van der Waals surface area contributed by atoms with Crippen LogP contribution < -0.4 is 5.32 Å². The Hall–Kier alpha value is -1.05. The molecule has 1 aromatic rings. The number of pyridine rings is 1. The Bertz CT molecular complexity index is 412. The summed E-state index contributed by atoms with van der Waals surface area (Å²) in [4.78, 5) is 4.49. The molecule has 0 saturated heterocycles. The number of aryl methyl sites for hydroxylation is 1. The van der Waals surface area contributed by atoms with Gasteiger partial charge in [-0.25, -0.2) is 4.98 Å². The van der Waals surface area contributed by atoms with Gasteiger partial charge in [-0.2, -0.15) is 5.26 Å². The normalized spacial score (nSPS) is 12.1. The molecule has 0 radical (unpaired) electrons. The van der Waals surface area contributed by atoms with Crippen LogP contribution in [-0.4, -0.2) is 23.8 Å². The molecule has 4 heteroatoms. The topological polar surface area (TPSA) is 48.7 Å². The number of hydrogen-bond donors (Lipinski definition) is 1. The van der Waals surface area contributed by atoms with Gasteiger partial charge in [0, 0.05) is 10.9 Å². The second-order valence-corrected chi connectivity index (χ2v) is 5.63. The first-order valence-electron chi connectivity index (χ1n) is 6.40. The second kappa shape index (κ2) is 8.12. The molecule has 1 aromatic heterocycles. The van der Waals surface area contributed by atoms with Crippen LogP contribution in [0.2, 0.25) is 0 Å². The molecule has 0 amide bonds. The zero-order valence-corrected chi connectivity index (χ0v) is 12.2. The van der Waals surface area contributed by atoms with E-state index in [1.807, 2.05) is 26.1 Å². The van der Waals surface area contributed by atoms with Gasteiger partial charge in [-0.05, 0) is 45.5 Å². The van der Waals surface area contributed by atoms with Crippen LogP contribution in [0.15, 0.2) is 17.2 Å². The van der Waals surface area contributed by atoms with Crippen molar-refractivity contribution in [2.45, 2.75) is 43.4 Å². The zero-order valence-electron chi connectivity index (χ0n) is 11.4. The maximum absolute atomic E-state index is 9.11. The first kappa shape index (κ1) is 15.0. The number of aromatic nitrogens is 1. The van der Waals surface area contributed by atoms with Crippen LogP contribution >= 0.6 is 11.8 Å². The van der Waals surface area contributed by atoms with Crippen molar-refractivity contribution in [1.29, 1.82) is 5.26 Å². The minimum absolute atomic E-state index is 0.531. The maximum atomic E-state index is 9.11. The molecule has 0 aliphatic rings. The van der Waals surface area contributed by atoms with Gasteiger partial charge in [0.2, 0.25) is 0 Å². The second-order valence-electron chi connectivity index (χ2n) is 4.34. The standard InChI is InChI=1S/C14H21N3S/c1-4-5-13(8-9-16-3)18-14-12(10-15)7-6-11(2)17-14/h6-7,13,16H,4-5,8-9H2,1-3H3. The summed E-state index contributed by atoms with van der Waals surface area (Å²) in [6.07, 6.45) is 3.43. The van der Waals surface area contributed by atoms with Crippen molar-refractivity contribution < 1.29 is 0 Å². The minimum atomic E-state index is 0.531. The Morgan fingerprint density at radius 3 is 2.83 bits per heavy atom. The SMILES string of the molecule is CCCC(CCNC)Sc1nc(C)ccc1C#N. The fourth-order valence-electron chi connectivity index (χ4n) is 1.76. The summed E-state index contributed by atoms with van der Waals surface area (Å²) in [5, 5.41) is 13.7. The molecule has 1 N–H and O–H groups in total. The summed E-state index contributed by atoms with van der Waals surface area (Å²) in [5.74, 6) is 0. The number of rotatable bonds is 7. The van der Waals surface area contributed by atoms with E-state index < -0.39 is 0 Å². The summed E-state index contributed by atoms with van der Waals surface area (Å²) >= 11 is 1.74. The van der Waals surface area contributed by atoms with Crippen LogP contribution in [0.1, 0.15) is 37.4 Å². The van der Waals surface area contributed by atoms with Crippen molar-refractivity contribution in [3.8, 4) is 6.07 Å². The average Bonchev–Trinajstić information content (AvgIpc) is 2.36. The Morgan fingerprint density at radius 1 is 1.44 bits per heavy atom. The molecule has 1 unspecified atom stereocenters. The molecule has 1 heterocycles. The summed E-state index contributed by atoms with van der Waals surface area (Å²) in [5.41, 5.74) is 1.66. The Labute approximate surface area is 114 Å². The van der Waals surface area contributed by atoms with Gasteiger partial charge in [0.05, 0.1) is 5.56 Å². The highest BCUT2D eigenvalue weighted by molar-refractivity contribution is 7.99. The van der Waals surface area contributed by atoms with Crippen molar-refractivity contribution in [3.05, 3.63) is 23.4 Å². The molecule has 0 saturated carbocycles. The van der Waals surface area contributed by atoms with E-state index in [1.54, 1.807) is 11.8 Å². The lowest BCUT2D eigenvalue weighted by Crippen LogP contribution is -2.15. The lowest BCUT2D eigenvalue weighted by molar-refractivity contribution is 0.648. The van der Waals surface area contributed by atoms with E-state index >= 15 is 0 Å². The van der Waals surface area contributed by atoms with E-state index in [0.29, 0.717) is 10.8 Å². The average molecular weight is 263 g/mol. The van der Waals surface area contributed by atoms with Gasteiger partial charge in [-0.1, -0.05) is 13.3 Å². The molecule has 0 fully saturated rings. The van der Waals surface area contributed by atoms with Crippen LogP contribution in [0.4, 0.5) is 0 Å². The number of nitrogens with zero attached hydrogens (tertiary/aromatic N) is 2. The summed E-state index contributed by atoms with van der Waals surface area (Å²) in [7, 11) is 1.97. The predicted molar refractivity (Wildman–Crippen MR) is 76.8 cm³/mol. The highest BCUT2D eigenvalue weighted by atomic mass is 32.2. The van der Waals surface area contributed by atoms with Gasteiger partial charge < -0.3 is 5.32 Å². The summed E-state index contributed by atoms with van der Waals surface area (Å²) < 4.78 is 0. The largest absolute Gasteiger partial charge is 0.320 e. The summed E-state index contributed by atoms with van der Waals surface area (Å²) in [6.45, 7) is 5.17. The fraction of sp³-hybridized carbons (Fsp3) is 0.571. The molecule has 0 spiro atoms. The highest BCUT2D eigenvalue weighted by Crippen LogP contribution is 2.29. The molecular formula is C14H21N3S.